The monoisotopic (exact) mass is 404 g/mol. The van der Waals surface area contributed by atoms with Crippen molar-refractivity contribution in [3.05, 3.63) is 83.9 Å². The van der Waals surface area contributed by atoms with Crippen molar-refractivity contribution in [2.75, 3.05) is 0 Å². The normalized spacial score (nSPS) is 29.6. The number of carbonyl (C=O) groups excluding carboxylic acids is 2. The van der Waals surface area contributed by atoms with Crippen molar-refractivity contribution in [2.45, 2.75) is 45.8 Å². The van der Waals surface area contributed by atoms with Crippen LogP contribution < -0.4 is 0 Å². The van der Waals surface area contributed by atoms with Crippen LogP contribution in [0.5, 0.6) is 0 Å². The van der Waals surface area contributed by atoms with Crippen LogP contribution in [-0.2, 0) is 9.47 Å². The third kappa shape index (κ3) is 3.45. The van der Waals surface area contributed by atoms with Gasteiger partial charge in [-0.1, -0.05) is 69.3 Å². The summed E-state index contributed by atoms with van der Waals surface area (Å²) in [4.78, 5) is 25.9. The summed E-state index contributed by atoms with van der Waals surface area (Å²) in [5, 5.41) is 0. The van der Waals surface area contributed by atoms with Crippen molar-refractivity contribution in [1.82, 2.24) is 0 Å². The fraction of sp³-hybridized carbons (Fsp3) is 0.385. The van der Waals surface area contributed by atoms with E-state index >= 15 is 0 Å². The lowest BCUT2D eigenvalue weighted by Crippen LogP contribution is -2.61. The van der Waals surface area contributed by atoms with E-state index in [1.165, 1.54) is 0 Å². The van der Waals surface area contributed by atoms with Gasteiger partial charge in [-0.25, -0.2) is 9.59 Å². The molecule has 0 unspecified atom stereocenters. The van der Waals surface area contributed by atoms with Crippen LogP contribution in [0.15, 0.2) is 72.8 Å². The molecule has 1 fully saturated rings. The topological polar surface area (TPSA) is 52.6 Å². The second-order valence-electron chi connectivity index (χ2n) is 8.99. The van der Waals surface area contributed by atoms with Gasteiger partial charge in [-0.15, -0.1) is 0 Å². The molecule has 0 aromatic heterocycles. The zero-order valence-electron chi connectivity index (χ0n) is 17.7. The van der Waals surface area contributed by atoms with Gasteiger partial charge >= 0.3 is 11.9 Å². The second kappa shape index (κ2) is 7.75. The molecule has 156 valence electrons. The zero-order chi connectivity index (χ0) is 21.4. The Bertz CT molecular complexity index is 950. The Kier molecular flexibility index (Phi) is 5.27. The van der Waals surface area contributed by atoms with E-state index < -0.39 is 12.2 Å². The maximum absolute atomic E-state index is 13.0. The summed E-state index contributed by atoms with van der Waals surface area (Å²) >= 11 is 0. The van der Waals surface area contributed by atoms with Crippen LogP contribution in [0.2, 0.25) is 0 Å². The quantitative estimate of drug-likeness (QED) is 0.491. The maximum atomic E-state index is 13.0. The fourth-order valence-electron chi connectivity index (χ4n) is 4.79. The molecule has 0 spiro atoms. The second-order valence-corrected chi connectivity index (χ2v) is 8.99. The van der Waals surface area contributed by atoms with Gasteiger partial charge in [0.25, 0.3) is 0 Å². The van der Waals surface area contributed by atoms with Crippen LogP contribution in [0.1, 0.15) is 54.3 Å². The Labute approximate surface area is 177 Å². The summed E-state index contributed by atoms with van der Waals surface area (Å²) < 4.78 is 12.2. The lowest BCUT2D eigenvalue weighted by Gasteiger charge is -2.57. The molecule has 5 rings (SSSR count). The average Bonchev–Trinajstić information content (AvgIpc) is 2.77. The van der Waals surface area contributed by atoms with Crippen molar-refractivity contribution >= 4 is 11.9 Å². The molecular formula is C26H28O4. The molecule has 0 aliphatic heterocycles. The minimum Gasteiger partial charge on any atom is -0.454 e. The minimum absolute atomic E-state index is 0.227. The van der Waals surface area contributed by atoms with Gasteiger partial charge in [0.2, 0.25) is 0 Å². The first-order valence-corrected chi connectivity index (χ1v) is 10.6. The van der Waals surface area contributed by atoms with Crippen LogP contribution in [0.3, 0.4) is 0 Å². The van der Waals surface area contributed by atoms with E-state index in [1.54, 1.807) is 24.3 Å². The summed E-state index contributed by atoms with van der Waals surface area (Å²) in [5.74, 6) is -0.543. The number of hydrogen-bond acceptors (Lipinski definition) is 4. The Hall–Kier alpha value is -2.88. The highest BCUT2D eigenvalue weighted by molar-refractivity contribution is 5.90. The van der Waals surface area contributed by atoms with E-state index in [2.05, 4.69) is 32.9 Å². The summed E-state index contributed by atoms with van der Waals surface area (Å²) in [6.45, 7) is 6.36. The van der Waals surface area contributed by atoms with E-state index in [0.717, 1.165) is 12.8 Å². The van der Waals surface area contributed by atoms with Crippen molar-refractivity contribution in [3.8, 4) is 0 Å². The largest absolute Gasteiger partial charge is 0.454 e. The van der Waals surface area contributed by atoms with Gasteiger partial charge in [0.1, 0.15) is 12.2 Å². The predicted molar refractivity (Wildman–Crippen MR) is 115 cm³/mol. The fourth-order valence-corrected chi connectivity index (χ4v) is 4.79. The first kappa shape index (κ1) is 20.4. The van der Waals surface area contributed by atoms with Gasteiger partial charge in [-0.2, -0.15) is 0 Å². The summed E-state index contributed by atoms with van der Waals surface area (Å²) in [5.41, 5.74) is 0.269. The SMILES string of the molecule is CC(C)[C@]12C=C[C@](C)(CC1)[C@H](OC(=O)c1ccccc1)[C@@H]2OC(=O)c1ccccc1. The van der Waals surface area contributed by atoms with Gasteiger partial charge in [0.15, 0.2) is 0 Å². The van der Waals surface area contributed by atoms with Crippen molar-refractivity contribution in [2.24, 2.45) is 16.7 Å². The molecule has 0 amide bonds. The molecule has 2 aromatic rings. The molecule has 1 saturated carbocycles. The van der Waals surface area contributed by atoms with Crippen molar-refractivity contribution < 1.29 is 19.1 Å². The van der Waals surface area contributed by atoms with Crippen molar-refractivity contribution in [1.29, 1.82) is 0 Å². The third-order valence-electron chi connectivity index (χ3n) is 6.89. The van der Waals surface area contributed by atoms with E-state index in [9.17, 15) is 9.59 Å². The summed E-state index contributed by atoms with van der Waals surface area (Å²) in [7, 11) is 0. The van der Waals surface area contributed by atoms with Gasteiger partial charge < -0.3 is 9.47 Å². The van der Waals surface area contributed by atoms with Crippen LogP contribution >= 0.6 is 0 Å². The molecule has 0 heterocycles. The standard InChI is InChI=1S/C26H28O4/c1-18(2)26-16-14-25(3,15-17-26)21(29-23(27)19-10-6-4-7-11-19)22(26)30-24(28)20-12-8-5-9-13-20/h4-14,16,18,21-22H,15,17H2,1-3H3/t21-,22+,25-,26+/m1/s1. The highest BCUT2D eigenvalue weighted by Gasteiger charge is 2.60. The molecule has 0 saturated heterocycles. The number of fused-ring (bicyclic) bond motifs is 2. The van der Waals surface area contributed by atoms with Crippen LogP contribution in [0, 0.1) is 16.7 Å². The average molecular weight is 405 g/mol. The Morgan fingerprint density at radius 3 is 1.73 bits per heavy atom. The predicted octanol–water partition coefficient (Wildman–Crippen LogP) is 5.45. The van der Waals surface area contributed by atoms with E-state index in [-0.39, 0.29) is 28.7 Å². The first-order chi connectivity index (χ1) is 14.4. The van der Waals surface area contributed by atoms with Gasteiger partial charge in [-0.05, 0) is 43.0 Å². The number of carbonyl (C=O) groups is 2. The van der Waals surface area contributed by atoms with Gasteiger partial charge in [-0.3, -0.25) is 0 Å². The Morgan fingerprint density at radius 1 is 0.800 bits per heavy atom. The lowest BCUT2D eigenvalue weighted by molar-refractivity contribution is -0.155. The molecule has 4 atom stereocenters. The van der Waals surface area contributed by atoms with E-state index in [1.807, 2.05) is 36.4 Å². The van der Waals surface area contributed by atoms with Crippen LogP contribution in [0.4, 0.5) is 0 Å². The molecule has 4 nitrogen and oxygen atoms in total. The molecule has 3 aliphatic rings. The Morgan fingerprint density at radius 2 is 1.30 bits per heavy atom. The highest BCUT2D eigenvalue weighted by Crippen LogP contribution is 2.57. The molecular weight excluding hydrogens is 376 g/mol. The molecule has 2 aromatic carbocycles. The van der Waals surface area contributed by atoms with Crippen molar-refractivity contribution in [3.63, 3.8) is 0 Å². The lowest BCUT2D eigenvalue weighted by atomic mass is 9.52. The van der Waals surface area contributed by atoms with E-state index in [4.69, 9.17) is 9.47 Å². The first-order valence-electron chi connectivity index (χ1n) is 10.6. The summed E-state index contributed by atoms with van der Waals surface area (Å²) in [6.07, 6.45) is 5.04. The number of ether oxygens (including phenoxy) is 2. The molecule has 0 N–H and O–H groups in total. The molecule has 0 radical (unpaired) electrons. The molecule has 3 aliphatic carbocycles. The Balaban J connectivity index is 1.69. The molecule has 2 bridgehead atoms. The number of esters is 2. The minimum atomic E-state index is -0.543. The summed E-state index contributed by atoms with van der Waals surface area (Å²) in [6, 6.07) is 18.0. The van der Waals surface area contributed by atoms with Gasteiger partial charge in [0.05, 0.1) is 11.1 Å². The molecule has 30 heavy (non-hydrogen) atoms. The third-order valence-corrected chi connectivity index (χ3v) is 6.89. The highest BCUT2D eigenvalue weighted by atomic mass is 16.6. The number of rotatable bonds is 5. The van der Waals surface area contributed by atoms with Crippen LogP contribution in [-0.4, -0.2) is 24.1 Å². The number of hydrogen-bond donors (Lipinski definition) is 0. The maximum Gasteiger partial charge on any atom is 0.338 e. The zero-order valence-corrected chi connectivity index (χ0v) is 17.7. The number of benzene rings is 2. The molecule has 4 heteroatoms. The van der Waals surface area contributed by atoms with Gasteiger partial charge in [0, 0.05) is 10.8 Å². The van der Waals surface area contributed by atoms with Crippen LogP contribution in [0.25, 0.3) is 0 Å². The van der Waals surface area contributed by atoms with E-state index in [0.29, 0.717) is 11.1 Å². The smallest absolute Gasteiger partial charge is 0.338 e.